The molecule has 0 aliphatic heterocycles. The fourth-order valence-corrected chi connectivity index (χ4v) is 2.20. The maximum atomic E-state index is 9.13. The summed E-state index contributed by atoms with van der Waals surface area (Å²) in [6.07, 6.45) is 0. The summed E-state index contributed by atoms with van der Waals surface area (Å²) in [6.45, 7) is 2.00. The third kappa shape index (κ3) is 2.01. The Bertz CT molecular complexity index is 528. The fraction of sp³-hybridized carbons (Fsp3) is 0.250. The molecule has 1 N–H and O–H groups in total. The summed E-state index contributed by atoms with van der Waals surface area (Å²) in [5.74, 6) is 0.0209. The molecule has 16 heavy (non-hydrogen) atoms. The Hall–Kier alpha value is -0.830. The Morgan fingerprint density at radius 3 is 2.69 bits per heavy atom. The average molecular weight is 256 g/mol. The molecule has 0 amide bonds. The van der Waals surface area contributed by atoms with Crippen LogP contribution in [0.5, 0.6) is 0 Å². The SMILES string of the molecule is CC(CO)c1ccc2nc(Cl)ccc2c1Cl. The summed E-state index contributed by atoms with van der Waals surface area (Å²) >= 11 is 12.1. The highest BCUT2D eigenvalue weighted by Gasteiger charge is 2.11. The molecule has 1 heterocycles. The summed E-state index contributed by atoms with van der Waals surface area (Å²) in [4.78, 5) is 4.18. The maximum Gasteiger partial charge on any atom is 0.129 e. The first-order chi connectivity index (χ1) is 7.63. The van der Waals surface area contributed by atoms with Crippen LogP contribution in [0.25, 0.3) is 10.9 Å². The first kappa shape index (κ1) is 11.6. The number of pyridine rings is 1. The van der Waals surface area contributed by atoms with Crippen LogP contribution in [0, 0.1) is 0 Å². The molecular formula is C12H11Cl2NO. The molecule has 1 aromatic carbocycles. The molecule has 0 aliphatic rings. The molecule has 84 valence electrons. The monoisotopic (exact) mass is 255 g/mol. The largest absolute Gasteiger partial charge is 0.396 e. The van der Waals surface area contributed by atoms with E-state index in [0.717, 1.165) is 16.5 Å². The van der Waals surface area contributed by atoms with E-state index in [4.69, 9.17) is 28.3 Å². The van der Waals surface area contributed by atoms with Gasteiger partial charge >= 0.3 is 0 Å². The van der Waals surface area contributed by atoms with Crippen molar-refractivity contribution in [2.45, 2.75) is 12.8 Å². The molecule has 1 aromatic heterocycles. The number of rotatable bonds is 2. The molecule has 2 aromatic rings. The van der Waals surface area contributed by atoms with Gasteiger partial charge in [0.05, 0.1) is 10.5 Å². The lowest BCUT2D eigenvalue weighted by molar-refractivity contribution is 0.273. The minimum Gasteiger partial charge on any atom is -0.396 e. The van der Waals surface area contributed by atoms with Crippen molar-refractivity contribution >= 4 is 34.1 Å². The minimum absolute atomic E-state index is 0.0209. The van der Waals surface area contributed by atoms with E-state index in [2.05, 4.69) is 4.98 Å². The van der Waals surface area contributed by atoms with Crippen molar-refractivity contribution in [1.29, 1.82) is 0 Å². The maximum absolute atomic E-state index is 9.13. The van der Waals surface area contributed by atoms with E-state index < -0.39 is 0 Å². The summed E-state index contributed by atoms with van der Waals surface area (Å²) in [5.41, 5.74) is 1.70. The summed E-state index contributed by atoms with van der Waals surface area (Å²) < 4.78 is 0. The van der Waals surface area contributed by atoms with Gasteiger partial charge in [0.15, 0.2) is 0 Å². The van der Waals surface area contributed by atoms with Gasteiger partial charge in [-0.3, -0.25) is 0 Å². The van der Waals surface area contributed by atoms with Crippen LogP contribution in [0.2, 0.25) is 10.2 Å². The van der Waals surface area contributed by atoms with Crippen LogP contribution in [0.15, 0.2) is 24.3 Å². The molecule has 0 spiro atoms. The van der Waals surface area contributed by atoms with Crippen LogP contribution in [-0.2, 0) is 0 Å². The van der Waals surface area contributed by atoms with Gasteiger partial charge in [0.1, 0.15) is 5.15 Å². The number of fused-ring (bicyclic) bond motifs is 1. The van der Waals surface area contributed by atoms with Gasteiger partial charge in [-0.25, -0.2) is 4.98 Å². The van der Waals surface area contributed by atoms with Crippen molar-refractivity contribution in [3.8, 4) is 0 Å². The lowest BCUT2D eigenvalue weighted by Gasteiger charge is -2.12. The van der Waals surface area contributed by atoms with Crippen molar-refractivity contribution in [1.82, 2.24) is 4.98 Å². The predicted molar refractivity (Wildman–Crippen MR) is 67.3 cm³/mol. The first-order valence-electron chi connectivity index (χ1n) is 4.99. The highest BCUT2D eigenvalue weighted by molar-refractivity contribution is 6.36. The highest BCUT2D eigenvalue weighted by Crippen LogP contribution is 2.31. The van der Waals surface area contributed by atoms with Crippen molar-refractivity contribution in [3.63, 3.8) is 0 Å². The van der Waals surface area contributed by atoms with E-state index >= 15 is 0 Å². The van der Waals surface area contributed by atoms with E-state index in [9.17, 15) is 0 Å². The second-order valence-electron chi connectivity index (χ2n) is 3.75. The number of hydrogen-bond donors (Lipinski definition) is 1. The molecule has 1 unspecified atom stereocenters. The highest BCUT2D eigenvalue weighted by atomic mass is 35.5. The summed E-state index contributed by atoms with van der Waals surface area (Å²) in [6, 6.07) is 7.31. The van der Waals surface area contributed by atoms with Crippen LogP contribution >= 0.6 is 23.2 Å². The molecule has 0 saturated carbocycles. The van der Waals surface area contributed by atoms with E-state index in [1.54, 1.807) is 6.07 Å². The summed E-state index contributed by atoms with van der Waals surface area (Å²) in [5, 5.41) is 11.1. The van der Waals surface area contributed by atoms with E-state index in [1.807, 2.05) is 25.1 Å². The number of hydrogen-bond acceptors (Lipinski definition) is 2. The van der Waals surface area contributed by atoms with Crippen molar-refractivity contribution < 1.29 is 5.11 Å². The van der Waals surface area contributed by atoms with E-state index in [1.165, 1.54) is 0 Å². The number of nitrogens with zero attached hydrogens (tertiary/aromatic N) is 1. The normalized spacial score (nSPS) is 13.0. The van der Waals surface area contributed by atoms with Crippen molar-refractivity contribution in [2.24, 2.45) is 0 Å². The van der Waals surface area contributed by atoms with Crippen LogP contribution in [0.4, 0.5) is 0 Å². The summed E-state index contributed by atoms with van der Waals surface area (Å²) in [7, 11) is 0. The van der Waals surface area contributed by atoms with Crippen LogP contribution in [0.3, 0.4) is 0 Å². The second-order valence-corrected chi connectivity index (χ2v) is 4.52. The van der Waals surface area contributed by atoms with Crippen molar-refractivity contribution in [2.75, 3.05) is 6.61 Å². The molecular weight excluding hydrogens is 245 g/mol. The van der Waals surface area contributed by atoms with Crippen LogP contribution in [0.1, 0.15) is 18.4 Å². The predicted octanol–water partition coefficient (Wildman–Crippen LogP) is 3.64. The van der Waals surface area contributed by atoms with Gasteiger partial charge < -0.3 is 5.11 Å². The van der Waals surface area contributed by atoms with Crippen LogP contribution < -0.4 is 0 Å². The first-order valence-corrected chi connectivity index (χ1v) is 5.74. The molecule has 2 rings (SSSR count). The van der Waals surface area contributed by atoms with Gasteiger partial charge in [0.25, 0.3) is 0 Å². The minimum atomic E-state index is 0.0209. The Balaban J connectivity index is 2.65. The molecule has 0 fully saturated rings. The second kappa shape index (κ2) is 4.58. The standard InChI is InChI=1S/C12H11Cl2NO/c1-7(6-16)8-2-4-10-9(12(8)14)3-5-11(13)15-10/h2-5,7,16H,6H2,1H3. The van der Waals surface area contributed by atoms with Gasteiger partial charge in [-0.1, -0.05) is 36.2 Å². The van der Waals surface area contributed by atoms with Gasteiger partial charge in [-0.15, -0.1) is 0 Å². The lowest BCUT2D eigenvalue weighted by Crippen LogP contribution is -2.00. The Morgan fingerprint density at radius 2 is 2.00 bits per heavy atom. The molecule has 0 saturated heterocycles. The molecule has 0 aliphatic carbocycles. The van der Waals surface area contributed by atoms with Gasteiger partial charge in [-0.2, -0.15) is 0 Å². The Morgan fingerprint density at radius 1 is 1.25 bits per heavy atom. The van der Waals surface area contributed by atoms with Gasteiger partial charge in [-0.05, 0) is 23.8 Å². The molecule has 0 bridgehead atoms. The zero-order chi connectivity index (χ0) is 11.7. The zero-order valence-electron chi connectivity index (χ0n) is 8.74. The third-order valence-electron chi connectivity index (χ3n) is 2.61. The zero-order valence-corrected chi connectivity index (χ0v) is 10.3. The van der Waals surface area contributed by atoms with E-state index in [0.29, 0.717) is 10.2 Å². The topological polar surface area (TPSA) is 33.1 Å². The Kier molecular flexibility index (Phi) is 3.33. The van der Waals surface area contributed by atoms with Gasteiger partial charge in [0, 0.05) is 17.9 Å². The van der Waals surface area contributed by atoms with Crippen molar-refractivity contribution in [3.05, 3.63) is 40.0 Å². The number of aliphatic hydroxyl groups excluding tert-OH is 1. The molecule has 1 atom stereocenters. The molecule has 4 heteroatoms. The van der Waals surface area contributed by atoms with Crippen LogP contribution in [-0.4, -0.2) is 16.7 Å². The molecule has 0 radical (unpaired) electrons. The smallest absolute Gasteiger partial charge is 0.129 e. The quantitative estimate of drug-likeness (QED) is 0.832. The molecule has 2 nitrogen and oxygen atoms in total. The Labute approximate surface area is 104 Å². The average Bonchev–Trinajstić information content (AvgIpc) is 2.28. The lowest BCUT2D eigenvalue weighted by atomic mass is 10.00. The number of aromatic nitrogens is 1. The number of halogens is 2. The third-order valence-corrected chi connectivity index (χ3v) is 3.24. The number of aliphatic hydroxyl groups is 1. The van der Waals surface area contributed by atoms with E-state index in [-0.39, 0.29) is 12.5 Å². The van der Waals surface area contributed by atoms with Gasteiger partial charge in [0.2, 0.25) is 0 Å². The number of benzene rings is 1. The fourth-order valence-electron chi connectivity index (χ4n) is 1.64.